The summed E-state index contributed by atoms with van der Waals surface area (Å²) in [7, 11) is -3.60. The fourth-order valence-electron chi connectivity index (χ4n) is 3.48. The van der Waals surface area contributed by atoms with Crippen LogP contribution in [0.15, 0.2) is 51.9 Å². The molecule has 0 aliphatic carbocycles. The van der Waals surface area contributed by atoms with E-state index in [4.69, 9.17) is 4.52 Å². The first-order chi connectivity index (χ1) is 14.8. The number of aryl methyl sites for hydroxylation is 2. The zero-order chi connectivity index (χ0) is 22.0. The van der Waals surface area contributed by atoms with Crippen LogP contribution >= 0.6 is 0 Å². The van der Waals surface area contributed by atoms with Crippen LogP contribution in [0.2, 0.25) is 0 Å². The van der Waals surface area contributed by atoms with Crippen molar-refractivity contribution < 1.29 is 17.7 Å². The van der Waals surface area contributed by atoms with Gasteiger partial charge in [-0.05, 0) is 44.4 Å². The lowest BCUT2D eigenvalue weighted by molar-refractivity contribution is 0.0945. The summed E-state index contributed by atoms with van der Waals surface area (Å²) in [6.45, 7) is 4.83. The highest BCUT2D eigenvalue weighted by Crippen LogP contribution is 2.23. The van der Waals surface area contributed by atoms with Crippen LogP contribution < -0.4 is 5.32 Å². The molecule has 31 heavy (non-hydrogen) atoms. The maximum atomic E-state index is 12.8. The van der Waals surface area contributed by atoms with Crippen molar-refractivity contribution in [1.29, 1.82) is 0 Å². The standard InChI is InChI=1S/C22H24N4O4S/c1-15-5-8-17(9-6-15)21-24-20(30-25-21)14-23-22(27)19-13-18(10-7-16(19)2)31(28,29)26-11-3-4-12-26/h5-10,13H,3-4,11-12,14H2,1-2H3,(H,23,27). The van der Waals surface area contributed by atoms with Crippen molar-refractivity contribution in [2.75, 3.05) is 13.1 Å². The lowest BCUT2D eigenvalue weighted by Crippen LogP contribution is -2.29. The van der Waals surface area contributed by atoms with E-state index in [1.807, 2.05) is 31.2 Å². The predicted molar refractivity (Wildman–Crippen MR) is 115 cm³/mol. The minimum absolute atomic E-state index is 0.0419. The van der Waals surface area contributed by atoms with Crippen LogP contribution in [0.1, 0.15) is 40.2 Å². The monoisotopic (exact) mass is 440 g/mol. The molecule has 9 heteroatoms. The van der Waals surface area contributed by atoms with Crippen LogP contribution in [0.4, 0.5) is 0 Å². The molecule has 0 saturated carbocycles. The van der Waals surface area contributed by atoms with Gasteiger partial charge in [-0.3, -0.25) is 4.79 Å². The molecule has 1 N–H and O–H groups in total. The molecule has 162 valence electrons. The number of carbonyl (C=O) groups is 1. The topological polar surface area (TPSA) is 105 Å². The van der Waals surface area contributed by atoms with Gasteiger partial charge >= 0.3 is 0 Å². The largest absolute Gasteiger partial charge is 0.343 e. The number of benzene rings is 2. The van der Waals surface area contributed by atoms with Crippen molar-refractivity contribution in [2.24, 2.45) is 0 Å². The van der Waals surface area contributed by atoms with Gasteiger partial charge in [0.1, 0.15) is 0 Å². The fraction of sp³-hybridized carbons (Fsp3) is 0.318. The SMILES string of the molecule is Cc1ccc(-c2noc(CNC(=O)c3cc(S(=O)(=O)N4CCCC4)ccc3C)n2)cc1. The van der Waals surface area contributed by atoms with Gasteiger partial charge in [-0.15, -0.1) is 0 Å². The Labute approximate surface area is 181 Å². The molecule has 1 aliphatic heterocycles. The molecule has 4 rings (SSSR count). The number of carbonyl (C=O) groups excluding carboxylic acids is 1. The fourth-order valence-corrected chi connectivity index (χ4v) is 5.03. The minimum Gasteiger partial charge on any atom is -0.343 e. The van der Waals surface area contributed by atoms with Crippen LogP contribution in [0.25, 0.3) is 11.4 Å². The summed E-state index contributed by atoms with van der Waals surface area (Å²) in [4.78, 5) is 17.2. The summed E-state index contributed by atoms with van der Waals surface area (Å²) >= 11 is 0. The predicted octanol–water partition coefficient (Wildman–Crippen LogP) is 3.07. The Morgan fingerprint density at radius 1 is 1.10 bits per heavy atom. The van der Waals surface area contributed by atoms with E-state index in [1.165, 1.54) is 10.4 Å². The Balaban J connectivity index is 1.47. The van der Waals surface area contributed by atoms with E-state index in [2.05, 4.69) is 15.5 Å². The number of hydrogen-bond donors (Lipinski definition) is 1. The first-order valence-corrected chi connectivity index (χ1v) is 11.6. The molecule has 2 aromatic carbocycles. The minimum atomic E-state index is -3.60. The van der Waals surface area contributed by atoms with Gasteiger partial charge in [-0.1, -0.05) is 41.1 Å². The maximum Gasteiger partial charge on any atom is 0.252 e. The number of amides is 1. The molecule has 1 saturated heterocycles. The second-order valence-corrected chi connectivity index (χ2v) is 9.59. The third-order valence-electron chi connectivity index (χ3n) is 5.33. The van der Waals surface area contributed by atoms with E-state index >= 15 is 0 Å². The second kappa shape index (κ2) is 8.60. The van der Waals surface area contributed by atoms with Crippen LogP contribution in [0.5, 0.6) is 0 Å². The van der Waals surface area contributed by atoms with Gasteiger partial charge in [0.25, 0.3) is 5.91 Å². The Morgan fingerprint density at radius 2 is 1.81 bits per heavy atom. The molecule has 0 radical (unpaired) electrons. The molecular weight excluding hydrogens is 416 g/mol. The number of aromatic nitrogens is 2. The van der Waals surface area contributed by atoms with Gasteiger partial charge in [-0.25, -0.2) is 8.42 Å². The number of nitrogens with zero attached hydrogens (tertiary/aromatic N) is 3. The average molecular weight is 441 g/mol. The Kier molecular flexibility index (Phi) is 5.88. The van der Waals surface area contributed by atoms with E-state index in [-0.39, 0.29) is 17.3 Å². The maximum absolute atomic E-state index is 12.8. The molecule has 3 aromatic rings. The molecule has 1 fully saturated rings. The van der Waals surface area contributed by atoms with Crippen LogP contribution in [-0.4, -0.2) is 41.9 Å². The highest BCUT2D eigenvalue weighted by molar-refractivity contribution is 7.89. The smallest absolute Gasteiger partial charge is 0.252 e. The summed E-state index contributed by atoms with van der Waals surface area (Å²) in [5.74, 6) is 0.313. The number of rotatable bonds is 6. The van der Waals surface area contributed by atoms with Crippen molar-refractivity contribution in [2.45, 2.75) is 38.1 Å². The second-order valence-electron chi connectivity index (χ2n) is 7.65. The van der Waals surface area contributed by atoms with Gasteiger partial charge in [0.15, 0.2) is 0 Å². The summed E-state index contributed by atoms with van der Waals surface area (Å²) in [6, 6.07) is 12.4. The molecule has 1 aliphatic rings. The first-order valence-electron chi connectivity index (χ1n) is 10.1. The lowest BCUT2D eigenvalue weighted by atomic mass is 10.1. The highest BCUT2D eigenvalue weighted by atomic mass is 32.2. The van der Waals surface area contributed by atoms with E-state index in [1.54, 1.807) is 19.1 Å². The molecule has 2 heterocycles. The summed E-state index contributed by atoms with van der Waals surface area (Å²) in [6.07, 6.45) is 1.71. The quantitative estimate of drug-likeness (QED) is 0.632. The summed E-state index contributed by atoms with van der Waals surface area (Å²) in [5.41, 5.74) is 2.94. The zero-order valence-electron chi connectivity index (χ0n) is 17.5. The highest BCUT2D eigenvalue weighted by Gasteiger charge is 2.28. The summed E-state index contributed by atoms with van der Waals surface area (Å²) < 4.78 is 32.3. The molecule has 0 unspecified atom stereocenters. The van der Waals surface area contributed by atoms with Gasteiger partial charge in [-0.2, -0.15) is 9.29 Å². The average Bonchev–Trinajstić information content (AvgIpc) is 3.45. The Bertz CT molecular complexity index is 1200. The number of nitrogens with one attached hydrogen (secondary N) is 1. The van der Waals surface area contributed by atoms with Crippen LogP contribution in [-0.2, 0) is 16.6 Å². The van der Waals surface area contributed by atoms with Crippen molar-refractivity contribution in [3.05, 3.63) is 65.0 Å². The molecule has 1 amide bonds. The van der Waals surface area contributed by atoms with E-state index < -0.39 is 15.9 Å². The van der Waals surface area contributed by atoms with Crippen LogP contribution in [0, 0.1) is 13.8 Å². The van der Waals surface area contributed by atoms with Crippen molar-refractivity contribution in [1.82, 2.24) is 19.8 Å². The van der Waals surface area contributed by atoms with Crippen LogP contribution in [0.3, 0.4) is 0 Å². The Morgan fingerprint density at radius 3 is 2.52 bits per heavy atom. The van der Waals surface area contributed by atoms with Gasteiger partial charge in [0.05, 0.1) is 11.4 Å². The zero-order valence-corrected chi connectivity index (χ0v) is 18.3. The number of sulfonamides is 1. The van der Waals surface area contributed by atoms with Crippen molar-refractivity contribution in [3.8, 4) is 11.4 Å². The van der Waals surface area contributed by atoms with Gasteiger partial charge < -0.3 is 9.84 Å². The molecular formula is C22H24N4O4S. The Hall–Kier alpha value is -3.04. The third kappa shape index (κ3) is 4.52. The third-order valence-corrected chi connectivity index (χ3v) is 7.23. The number of hydrogen-bond acceptors (Lipinski definition) is 6. The lowest BCUT2D eigenvalue weighted by Gasteiger charge is -2.16. The van der Waals surface area contributed by atoms with Gasteiger partial charge in [0, 0.05) is 24.2 Å². The van der Waals surface area contributed by atoms with Crippen molar-refractivity contribution in [3.63, 3.8) is 0 Å². The first kappa shape index (κ1) is 21.2. The van der Waals surface area contributed by atoms with Crippen molar-refractivity contribution >= 4 is 15.9 Å². The molecule has 0 spiro atoms. The van der Waals surface area contributed by atoms with E-state index in [0.717, 1.165) is 24.0 Å². The van der Waals surface area contributed by atoms with E-state index in [9.17, 15) is 13.2 Å². The van der Waals surface area contributed by atoms with Gasteiger partial charge in [0.2, 0.25) is 21.7 Å². The summed E-state index contributed by atoms with van der Waals surface area (Å²) in [5, 5.41) is 6.69. The molecule has 0 bridgehead atoms. The van der Waals surface area contributed by atoms with E-state index in [0.29, 0.717) is 30.0 Å². The normalized spacial score (nSPS) is 14.6. The molecule has 8 nitrogen and oxygen atoms in total. The molecule has 1 aromatic heterocycles. The molecule has 0 atom stereocenters.